The quantitative estimate of drug-likeness (QED) is 0.373. The highest BCUT2D eigenvalue weighted by atomic mass is 16.6. The summed E-state index contributed by atoms with van der Waals surface area (Å²) in [7, 11) is 0. The summed E-state index contributed by atoms with van der Waals surface area (Å²) in [6, 6.07) is 3.53. The molecular formula is C20H23N3O7. The summed E-state index contributed by atoms with van der Waals surface area (Å²) in [6.07, 6.45) is 3.53. The zero-order valence-corrected chi connectivity index (χ0v) is 16.3. The molecule has 0 aromatic heterocycles. The average Bonchev–Trinajstić information content (AvgIpc) is 2.96. The van der Waals surface area contributed by atoms with Crippen LogP contribution in [0.5, 0.6) is 0 Å². The van der Waals surface area contributed by atoms with Crippen molar-refractivity contribution in [3.63, 3.8) is 0 Å². The normalized spacial score (nSPS) is 20.7. The second-order valence-corrected chi connectivity index (χ2v) is 7.65. The standard InChI is InChI=1S/C20H23N3O7/c24-17(21-11-12-4-1-2-5-14(12)20(27)28)6-3-9-22-18(25)15-8-7-13(23(29)30)10-16(15)19(22)26/h7-8,10,12,14H,1-6,9,11H2,(H,21,24)(H,27,28)/t12-,14-/m0/s1. The van der Waals surface area contributed by atoms with E-state index >= 15 is 0 Å². The highest BCUT2D eigenvalue weighted by Gasteiger charge is 2.36. The molecule has 10 nitrogen and oxygen atoms in total. The lowest BCUT2D eigenvalue weighted by Gasteiger charge is -2.28. The number of rotatable bonds is 8. The summed E-state index contributed by atoms with van der Waals surface area (Å²) in [5.74, 6) is -2.77. The van der Waals surface area contributed by atoms with Crippen molar-refractivity contribution in [1.82, 2.24) is 10.2 Å². The maximum Gasteiger partial charge on any atom is 0.306 e. The minimum absolute atomic E-state index is 0.00402. The molecule has 2 aliphatic rings. The topological polar surface area (TPSA) is 147 Å². The predicted octanol–water partition coefficient (Wildman–Crippen LogP) is 1.98. The maximum absolute atomic E-state index is 12.4. The van der Waals surface area contributed by atoms with Gasteiger partial charge >= 0.3 is 5.97 Å². The number of carboxylic acids is 1. The number of carbonyl (C=O) groups is 4. The van der Waals surface area contributed by atoms with Gasteiger partial charge in [0.1, 0.15) is 0 Å². The fraction of sp³-hybridized carbons (Fsp3) is 0.500. The number of imide groups is 1. The molecule has 1 saturated carbocycles. The molecule has 0 spiro atoms. The highest BCUT2D eigenvalue weighted by molar-refractivity contribution is 6.21. The Kier molecular flexibility index (Phi) is 6.43. The number of non-ortho nitro benzene ring substituents is 1. The molecule has 0 bridgehead atoms. The van der Waals surface area contributed by atoms with Crippen molar-refractivity contribution >= 4 is 29.4 Å². The average molecular weight is 417 g/mol. The summed E-state index contributed by atoms with van der Waals surface area (Å²) >= 11 is 0. The van der Waals surface area contributed by atoms with E-state index in [1.165, 1.54) is 12.1 Å². The van der Waals surface area contributed by atoms with E-state index in [2.05, 4.69) is 5.32 Å². The van der Waals surface area contributed by atoms with Crippen LogP contribution >= 0.6 is 0 Å². The molecule has 10 heteroatoms. The number of nitro benzene ring substituents is 1. The highest BCUT2D eigenvalue weighted by Crippen LogP contribution is 2.30. The number of hydrogen-bond donors (Lipinski definition) is 2. The van der Waals surface area contributed by atoms with E-state index in [1.54, 1.807) is 0 Å². The van der Waals surface area contributed by atoms with Gasteiger partial charge in [-0.15, -0.1) is 0 Å². The number of nitrogens with zero attached hydrogens (tertiary/aromatic N) is 2. The van der Waals surface area contributed by atoms with Gasteiger partial charge in [-0.1, -0.05) is 12.8 Å². The minimum atomic E-state index is -0.834. The summed E-state index contributed by atoms with van der Waals surface area (Å²) in [5.41, 5.74) is -0.152. The van der Waals surface area contributed by atoms with Gasteiger partial charge in [-0.2, -0.15) is 0 Å². The van der Waals surface area contributed by atoms with E-state index < -0.39 is 28.6 Å². The molecule has 1 fully saturated rings. The third-order valence-electron chi connectivity index (χ3n) is 5.74. The maximum atomic E-state index is 12.4. The molecule has 1 aliphatic carbocycles. The van der Waals surface area contributed by atoms with Crippen molar-refractivity contribution in [2.75, 3.05) is 13.1 Å². The van der Waals surface area contributed by atoms with Gasteiger partial charge in [0.05, 0.1) is 22.0 Å². The first-order chi connectivity index (χ1) is 14.3. The number of carboxylic acid groups (broad SMARTS) is 1. The Balaban J connectivity index is 1.48. The smallest absolute Gasteiger partial charge is 0.306 e. The molecule has 1 heterocycles. The molecule has 0 unspecified atom stereocenters. The van der Waals surface area contributed by atoms with Crippen molar-refractivity contribution in [2.24, 2.45) is 11.8 Å². The van der Waals surface area contributed by atoms with Gasteiger partial charge in [-0.25, -0.2) is 0 Å². The molecule has 0 radical (unpaired) electrons. The fourth-order valence-corrected chi connectivity index (χ4v) is 4.10. The minimum Gasteiger partial charge on any atom is -0.481 e. The summed E-state index contributed by atoms with van der Waals surface area (Å²) in [5, 5.41) is 22.9. The van der Waals surface area contributed by atoms with Crippen LogP contribution in [0.3, 0.4) is 0 Å². The van der Waals surface area contributed by atoms with E-state index in [1.807, 2.05) is 0 Å². The number of benzene rings is 1. The van der Waals surface area contributed by atoms with Crippen molar-refractivity contribution < 1.29 is 29.2 Å². The number of carbonyl (C=O) groups excluding carboxylic acids is 3. The molecule has 1 aromatic carbocycles. The number of nitro groups is 1. The van der Waals surface area contributed by atoms with Crippen LogP contribution in [0.2, 0.25) is 0 Å². The molecule has 30 heavy (non-hydrogen) atoms. The number of hydrogen-bond acceptors (Lipinski definition) is 6. The fourth-order valence-electron chi connectivity index (χ4n) is 4.10. The van der Waals surface area contributed by atoms with Crippen molar-refractivity contribution in [2.45, 2.75) is 38.5 Å². The predicted molar refractivity (Wildman–Crippen MR) is 104 cm³/mol. The third-order valence-corrected chi connectivity index (χ3v) is 5.74. The first-order valence-electron chi connectivity index (χ1n) is 9.93. The second kappa shape index (κ2) is 9.02. The van der Waals surface area contributed by atoms with Crippen molar-refractivity contribution in [3.8, 4) is 0 Å². The van der Waals surface area contributed by atoms with Gasteiger partial charge in [0.25, 0.3) is 17.5 Å². The van der Waals surface area contributed by atoms with Crippen LogP contribution in [0, 0.1) is 22.0 Å². The van der Waals surface area contributed by atoms with Gasteiger partial charge < -0.3 is 10.4 Å². The van der Waals surface area contributed by atoms with Gasteiger partial charge in [-0.05, 0) is 31.2 Å². The van der Waals surface area contributed by atoms with Gasteiger partial charge in [0, 0.05) is 31.6 Å². The lowest BCUT2D eigenvalue weighted by molar-refractivity contribution is -0.384. The molecule has 2 N–H and O–H groups in total. The first-order valence-corrected chi connectivity index (χ1v) is 9.93. The Morgan fingerprint density at radius 2 is 1.87 bits per heavy atom. The van der Waals surface area contributed by atoms with E-state index in [0.717, 1.165) is 30.2 Å². The molecule has 0 saturated heterocycles. The summed E-state index contributed by atoms with van der Waals surface area (Å²) in [6.45, 7) is 0.321. The number of nitrogens with one attached hydrogen (secondary N) is 1. The van der Waals surface area contributed by atoms with E-state index in [-0.39, 0.29) is 48.0 Å². The molecule has 1 aromatic rings. The third kappa shape index (κ3) is 4.47. The van der Waals surface area contributed by atoms with Crippen LogP contribution in [0.25, 0.3) is 0 Å². The summed E-state index contributed by atoms with van der Waals surface area (Å²) < 4.78 is 0. The Labute approximate surface area is 172 Å². The zero-order chi connectivity index (χ0) is 21.8. The summed E-state index contributed by atoms with van der Waals surface area (Å²) in [4.78, 5) is 59.5. The van der Waals surface area contributed by atoms with E-state index in [9.17, 15) is 34.4 Å². The number of fused-ring (bicyclic) bond motifs is 1. The van der Waals surface area contributed by atoms with Crippen LogP contribution in [-0.4, -0.2) is 51.7 Å². The second-order valence-electron chi connectivity index (χ2n) is 7.65. The van der Waals surface area contributed by atoms with Crippen molar-refractivity contribution in [1.29, 1.82) is 0 Å². The molecule has 3 rings (SSSR count). The number of amides is 3. The lowest BCUT2D eigenvalue weighted by atomic mass is 9.79. The lowest BCUT2D eigenvalue weighted by Crippen LogP contribution is -2.37. The van der Waals surface area contributed by atoms with Crippen LogP contribution in [0.1, 0.15) is 59.2 Å². The Morgan fingerprint density at radius 1 is 1.17 bits per heavy atom. The largest absolute Gasteiger partial charge is 0.481 e. The SMILES string of the molecule is O=C(CCCN1C(=O)c2ccc([N+](=O)[O-])cc2C1=O)NC[C@@H]1CCCC[C@@H]1C(=O)O. The Morgan fingerprint density at radius 3 is 2.57 bits per heavy atom. The van der Waals surface area contributed by atoms with Crippen LogP contribution in [0.4, 0.5) is 5.69 Å². The van der Waals surface area contributed by atoms with E-state index in [0.29, 0.717) is 13.0 Å². The van der Waals surface area contributed by atoms with Crippen LogP contribution < -0.4 is 5.32 Å². The Hall–Kier alpha value is -3.30. The zero-order valence-electron chi connectivity index (χ0n) is 16.3. The first kappa shape index (κ1) is 21.4. The molecule has 2 atom stereocenters. The van der Waals surface area contributed by atoms with Crippen LogP contribution in [0.15, 0.2) is 18.2 Å². The van der Waals surface area contributed by atoms with Gasteiger partial charge in [0.15, 0.2) is 0 Å². The van der Waals surface area contributed by atoms with Crippen LogP contribution in [-0.2, 0) is 9.59 Å². The molecular weight excluding hydrogens is 394 g/mol. The molecule has 3 amide bonds. The molecule has 160 valence electrons. The van der Waals surface area contributed by atoms with E-state index in [4.69, 9.17) is 0 Å². The number of aliphatic carboxylic acids is 1. The molecule has 1 aliphatic heterocycles. The monoisotopic (exact) mass is 417 g/mol. The van der Waals surface area contributed by atoms with Gasteiger partial charge in [-0.3, -0.25) is 34.2 Å². The van der Waals surface area contributed by atoms with Crippen molar-refractivity contribution in [3.05, 3.63) is 39.4 Å². The van der Waals surface area contributed by atoms with Gasteiger partial charge in [0.2, 0.25) is 5.91 Å². The Bertz CT molecular complexity index is 898.